The highest BCUT2D eigenvalue weighted by atomic mass is 16.4. The number of carbonyl (C=O) groups is 2. The highest BCUT2D eigenvalue weighted by Crippen LogP contribution is 2.17. The summed E-state index contributed by atoms with van der Waals surface area (Å²) in [6.07, 6.45) is 5.57. The smallest absolute Gasteiger partial charge is 0.289 e. The standard InChI is InChI=1S/C21H29N3O3/c1-3-11-24(20(25)4-2)15-17-8-7-14-23(17)16-18-9-10-19(27-18)21(26)22-12-5-6-13-22/h7-10,14H,3-6,11-13,15-16H2,1-2H3. The molecule has 0 radical (unpaired) electrons. The van der Waals surface area contributed by atoms with Crippen molar-refractivity contribution in [3.63, 3.8) is 0 Å². The molecular weight excluding hydrogens is 342 g/mol. The first kappa shape index (κ1) is 19.3. The minimum absolute atomic E-state index is 0.0193. The first-order valence-corrected chi connectivity index (χ1v) is 9.92. The Morgan fingerprint density at radius 3 is 2.63 bits per heavy atom. The van der Waals surface area contributed by atoms with Gasteiger partial charge in [0.05, 0.1) is 13.1 Å². The van der Waals surface area contributed by atoms with Gasteiger partial charge in [0.15, 0.2) is 5.76 Å². The molecule has 0 atom stereocenters. The molecule has 3 heterocycles. The van der Waals surface area contributed by atoms with Crippen LogP contribution >= 0.6 is 0 Å². The first-order valence-electron chi connectivity index (χ1n) is 9.92. The minimum Gasteiger partial charge on any atom is -0.454 e. The van der Waals surface area contributed by atoms with Gasteiger partial charge in [0.1, 0.15) is 5.76 Å². The molecule has 2 amide bonds. The second-order valence-electron chi connectivity index (χ2n) is 7.06. The van der Waals surface area contributed by atoms with Crippen molar-refractivity contribution >= 4 is 11.8 Å². The number of likely N-dealkylation sites (tertiary alicyclic amines) is 1. The van der Waals surface area contributed by atoms with Crippen LogP contribution in [0.3, 0.4) is 0 Å². The van der Waals surface area contributed by atoms with Crippen LogP contribution in [0.25, 0.3) is 0 Å². The van der Waals surface area contributed by atoms with E-state index in [4.69, 9.17) is 4.42 Å². The molecular formula is C21H29N3O3. The molecule has 0 bridgehead atoms. The van der Waals surface area contributed by atoms with Crippen LogP contribution in [0.4, 0.5) is 0 Å². The highest BCUT2D eigenvalue weighted by Gasteiger charge is 2.22. The first-order chi connectivity index (χ1) is 13.1. The quantitative estimate of drug-likeness (QED) is 0.713. The zero-order valence-electron chi connectivity index (χ0n) is 16.3. The Morgan fingerprint density at radius 1 is 1.15 bits per heavy atom. The summed E-state index contributed by atoms with van der Waals surface area (Å²) < 4.78 is 7.89. The number of hydrogen-bond acceptors (Lipinski definition) is 3. The van der Waals surface area contributed by atoms with Crippen molar-refractivity contribution in [3.8, 4) is 0 Å². The number of aromatic nitrogens is 1. The summed E-state index contributed by atoms with van der Waals surface area (Å²) in [5.41, 5.74) is 1.06. The average molecular weight is 371 g/mol. The largest absolute Gasteiger partial charge is 0.454 e. The lowest BCUT2D eigenvalue weighted by atomic mass is 10.3. The fourth-order valence-corrected chi connectivity index (χ4v) is 3.55. The number of nitrogens with zero attached hydrogens (tertiary/aromatic N) is 3. The van der Waals surface area contributed by atoms with Crippen LogP contribution in [0.15, 0.2) is 34.9 Å². The SMILES string of the molecule is CCCN(Cc1cccn1Cc1ccc(C(=O)N2CCCC2)o1)C(=O)CC. The van der Waals surface area contributed by atoms with Gasteiger partial charge in [0.25, 0.3) is 5.91 Å². The maximum absolute atomic E-state index is 12.4. The number of rotatable bonds is 8. The second-order valence-corrected chi connectivity index (χ2v) is 7.06. The normalized spacial score (nSPS) is 13.9. The van der Waals surface area contributed by atoms with Gasteiger partial charge in [-0.25, -0.2) is 0 Å². The van der Waals surface area contributed by atoms with Gasteiger partial charge in [0.2, 0.25) is 5.91 Å². The van der Waals surface area contributed by atoms with Crippen molar-refractivity contribution in [3.05, 3.63) is 47.7 Å². The van der Waals surface area contributed by atoms with E-state index in [0.717, 1.165) is 50.4 Å². The number of carbonyl (C=O) groups excluding carboxylic acids is 2. The molecule has 146 valence electrons. The van der Waals surface area contributed by atoms with E-state index in [1.165, 1.54) is 0 Å². The van der Waals surface area contributed by atoms with Crippen LogP contribution in [0.5, 0.6) is 0 Å². The van der Waals surface area contributed by atoms with E-state index in [0.29, 0.717) is 25.3 Å². The van der Waals surface area contributed by atoms with Crippen LogP contribution < -0.4 is 0 Å². The molecule has 0 spiro atoms. The number of furan rings is 1. The summed E-state index contributed by atoms with van der Waals surface area (Å²) in [7, 11) is 0. The van der Waals surface area contributed by atoms with Gasteiger partial charge in [-0.1, -0.05) is 13.8 Å². The van der Waals surface area contributed by atoms with Crippen LogP contribution in [0.1, 0.15) is 61.5 Å². The molecule has 1 saturated heterocycles. The van der Waals surface area contributed by atoms with Gasteiger partial charge in [0, 0.05) is 37.9 Å². The summed E-state index contributed by atoms with van der Waals surface area (Å²) in [6, 6.07) is 7.65. The van der Waals surface area contributed by atoms with E-state index in [2.05, 4.69) is 11.5 Å². The Morgan fingerprint density at radius 2 is 1.93 bits per heavy atom. The monoisotopic (exact) mass is 371 g/mol. The number of amides is 2. The zero-order chi connectivity index (χ0) is 19.2. The molecule has 2 aromatic rings. The molecule has 0 N–H and O–H groups in total. The Labute approximate surface area is 160 Å². The fourth-order valence-electron chi connectivity index (χ4n) is 3.55. The third kappa shape index (κ3) is 4.62. The van der Waals surface area contributed by atoms with E-state index in [9.17, 15) is 9.59 Å². The molecule has 2 aromatic heterocycles. The van der Waals surface area contributed by atoms with Crippen LogP contribution in [-0.4, -0.2) is 45.8 Å². The van der Waals surface area contributed by atoms with E-state index in [1.54, 1.807) is 6.07 Å². The molecule has 27 heavy (non-hydrogen) atoms. The second kappa shape index (κ2) is 8.93. The molecule has 0 aliphatic carbocycles. The molecule has 0 aromatic carbocycles. The molecule has 0 unspecified atom stereocenters. The predicted molar refractivity (Wildman–Crippen MR) is 103 cm³/mol. The van der Waals surface area contributed by atoms with E-state index < -0.39 is 0 Å². The van der Waals surface area contributed by atoms with Crippen LogP contribution in [0.2, 0.25) is 0 Å². The van der Waals surface area contributed by atoms with E-state index >= 15 is 0 Å². The maximum atomic E-state index is 12.4. The molecule has 6 heteroatoms. The number of hydrogen-bond donors (Lipinski definition) is 0. The summed E-state index contributed by atoms with van der Waals surface area (Å²) in [5, 5.41) is 0. The Balaban J connectivity index is 1.67. The summed E-state index contributed by atoms with van der Waals surface area (Å²) in [4.78, 5) is 28.3. The Hall–Kier alpha value is -2.50. The molecule has 3 rings (SSSR count). The Bertz CT molecular complexity index is 771. The molecule has 6 nitrogen and oxygen atoms in total. The zero-order valence-corrected chi connectivity index (χ0v) is 16.3. The Kier molecular flexibility index (Phi) is 6.37. The van der Waals surface area contributed by atoms with Crippen molar-refractivity contribution in [2.45, 2.75) is 52.6 Å². The van der Waals surface area contributed by atoms with E-state index in [1.807, 2.05) is 41.1 Å². The van der Waals surface area contributed by atoms with Gasteiger partial charge in [-0.2, -0.15) is 0 Å². The highest BCUT2D eigenvalue weighted by molar-refractivity contribution is 5.91. The summed E-state index contributed by atoms with van der Waals surface area (Å²) >= 11 is 0. The summed E-state index contributed by atoms with van der Waals surface area (Å²) in [5.74, 6) is 1.31. The molecule has 1 fully saturated rings. The van der Waals surface area contributed by atoms with Gasteiger partial charge >= 0.3 is 0 Å². The van der Waals surface area contributed by atoms with Gasteiger partial charge in [-0.3, -0.25) is 9.59 Å². The molecule has 0 saturated carbocycles. The third-order valence-corrected chi connectivity index (χ3v) is 5.02. The van der Waals surface area contributed by atoms with Crippen LogP contribution in [-0.2, 0) is 17.9 Å². The van der Waals surface area contributed by atoms with Crippen molar-refractivity contribution < 1.29 is 14.0 Å². The lowest BCUT2D eigenvalue weighted by Crippen LogP contribution is -2.31. The third-order valence-electron chi connectivity index (χ3n) is 5.02. The lowest BCUT2D eigenvalue weighted by molar-refractivity contribution is -0.131. The van der Waals surface area contributed by atoms with E-state index in [-0.39, 0.29) is 11.8 Å². The van der Waals surface area contributed by atoms with Gasteiger partial charge in [-0.05, 0) is 43.5 Å². The topological polar surface area (TPSA) is 58.7 Å². The summed E-state index contributed by atoms with van der Waals surface area (Å²) in [6.45, 7) is 7.50. The van der Waals surface area contributed by atoms with Crippen molar-refractivity contribution in [2.24, 2.45) is 0 Å². The predicted octanol–water partition coefficient (Wildman–Crippen LogP) is 3.51. The van der Waals surface area contributed by atoms with Gasteiger partial charge < -0.3 is 18.8 Å². The minimum atomic E-state index is -0.0193. The fraction of sp³-hybridized carbons (Fsp3) is 0.524. The van der Waals surface area contributed by atoms with Crippen molar-refractivity contribution in [1.82, 2.24) is 14.4 Å². The maximum Gasteiger partial charge on any atom is 0.289 e. The average Bonchev–Trinajstić information content (AvgIpc) is 3.43. The van der Waals surface area contributed by atoms with Crippen molar-refractivity contribution in [1.29, 1.82) is 0 Å². The van der Waals surface area contributed by atoms with Crippen LogP contribution in [0, 0.1) is 0 Å². The van der Waals surface area contributed by atoms with Gasteiger partial charge in [-0.15, -0.1) is 0 Å². The molecule has 1 aliphatic heterocycles. The lowest BCUT2D eigenvalue weighted by Gasteiger charge is -2.22. The van der Waals surface area contributed by atoms with Crippen molar-refractivity contribution in [2.75, 3.05) is 19.6 Å². The molecule has 1 aliphatic rings.